The number of unbranched alkanes of at least 4 members (excludes halogenated alkanes) is 8. The third-order valence-corrected chi connectivity index (χ3v) is 4.01. The summed E-state index contributed by atoms with van der Waals surface area (Å²) in [6.45, 7) is 2.54. The summed E-state index contributed by atoms with van der Waals surface area (Å²) in [6, 6.07) is 0. The van der Waals surface area contributed by atoms with E-state index in [1.165, 1.54) is 57.8 Å². The minimum Gasteiger partial charge on any atom is -0.452 e. The van der Waals surface area contributed by atoms with E-state index in [9.17, 15) is 4.79 Å². The third-order valence-electron chi connectivity index (χ3n) is 4.01. The Morgan fingerprint density at radius 2 is 1.65 bits per heavy atom. The SMILES string of the molecule is CCCCCCCCCCC#CCOC(=O)C1CCC1. The molecule has 0 aromatic rings. The number of carbonyl (C=O) groups excluding carboxylic acids is 1. The first-order valence-electron chi connectivity index (χ1n) is 8.47. The van der Waals surface area contributed by atoms with Crippen LogP contribution in [0.15, 0.2) is 0 Å². The molecule has 0 heterocycles. The summed E-state index contributed by atoms with van der Waals surface area (Å²) >= 11 is 0. The minimum absolute atomic E-state index is 0.0439. The van der Waals surface area contributed by atoms with Gasteiger partial charge in [-0.15, -0.1) is 0 Å². The second kappa shape index (κ2) is 11.8. The van der Waals surface area contributed by atoms with Gasteiger partial charge < -0.3 is 4.74 Å². The molecule has 114 valence electrons. The highest BCUT2D eigenvalue weighted by Crippen LogP contribution is 2.27. The lowest BCUT2D eigenvalue weighted by Crippen LogP contribution is -2.24. The Bertz CT molecular complexity index is 307. The smallest absolute Gasteiger partial charge is 0.309 e. The Labute approximate surface area is 124 Å². The van der Waals surface area contributed by atoms with Crippen LogP contribution < -0.4 is 0 Å². The standard InChI is InChI=1S/C18H30O2/c1-2-3-4-5-6-7-8-9-10-11-12-16-20-18(19)17-14-13-15-17/h17H,2-10,13-16H2,1H3. The van der Waals surface area contributed by atoms with Crippen LogP contribution in [0.4, 0.5) is 0 Å². The van der Waals surface area contributed by atoms with Gasteiger partial charge in [0.15, 0.2) is 6.61 Å². The number of hydrogen-bond acceptors (Lipinski definition) is 2. The van der Waals surface area contributed by atoms with Gasteiger partial charge in [-0.3, -0.25) is 4.79 Å². The molecule has 0 atom stereocenters. The van der Waals surface area contributed by atoms with Crippen LogP contribution in [0.2, 0.25) is 0 Å². The summed E-state index contributed by atoms with van der Waals surface area (Å²) in [6.07, 6.45) is 14.8. The third kappa shape index (κ3) is 8.25. The topological polar surface area (TPSA) is 26.3 Å². The van der Waals surface area contributed by atoms with Gasteiger partial charge in [0.2, 0.25) is 0 Å². The van der Waals surface area contributed by atoms with E-state index in [4.69, 9.17) is 4.74 Å². The minimum atomic E-state index is -0.0439. The van der Waals surface area contributed by atoms with Gasteiger partial charge in [-0.1, -0.05) is 70.1 Å². The van der Waals surface area contributed by atoms with Crippen molar-refractivity contribution in [1.29, 1.82) is 0 Å². The Hall–Kier alpha value is -0.970. The maximum atomic E-state index is 11.4. The molecule has 0 saturated heterocycles. The molecular weight excluding hydrogens is 248 g/mol. The first-order valence-corrected chi connectivity index (χ1v) is 8.47. The molecule has 1 saturated carbocycles. The van der Waals surface area contributed by atoms with Crippen LogP contribution in [0.3, 0.4) is 0 Å². The zero-order valence-electron chi connectivity index (χ0n) is 13.1. The highest BCUT2D eigenvalue weighted by Gasteiger charge is 2.26. The summed E-state index contributed by atoms with van der Waals surface area (Å²) < 4.78 is 5.12. The molecule has 0 aromatic carbocycles. The molecule has 1 aliphatic carbocycles. The first-order chi connectivity index (χ1) is 9.84. The maximum Gasteiger partial charge on any atom is 0.309 e. The van der Waals surface area contributed by atoms with Gasteiger partial charge in [0, 0.05) is 6.42 Å². The zero-order chi connectivity index (χ0) is 14.5. The van der Waals surface area contributed by atoms with Crippen LogP contribution >= 0.6 is 0 Å². The van der Waals surface area contributed by atoms with E-state index in [0.717, 1.165) is 19.3 Å². The molecule has 0 unspecified atom stereocenters. The fourth-order valence-electron chi connectivity index (χ4n) is 2.36. The van der Waals surface area contributed by atoms with Crippen molar-refractivity contribution in [2.75, 3.05) is 6.61 Å². The molecule has 0 radical (unpaired) electrons. The summed E-state index contributed by atoms with van der Waals surface area (Å²) in [5.41, 5.74) is 0. The van der Waals surface area contributed by atoms with Gasteiger partial charge in [-0.05, 0) is 19.3 Å². The molecule has 0 aliphatic heterocycles. The fourth-order valence-corrected chi connectivity index (χ4v) is 2.36. The molecule has 0 bridgehead atoms. The Morgan fingerprint density at radius 3 is 2.25 bits per heavy atom. The van der Waals surface area contributed by atoms with Crippen molar-refractivity contribution in [3.63, 3.8) is 0 Å². The normalized spacial score (nSPS) is 14.2. The molecule has 0 aromatic heterocycles. The van der Waals surface area contributed by atoms with Crippen molar-refractivity contribution < 1.29 is 9.53 Å². The van der Waals surface area contributed by atoms with E-state index >= 15 is 0 Å². The van der Waals surface area contributed by atoms with Gasteiger partial charge >= 0.3 is 5.97 Å². The summed E-state index contributed by atoms with van der Waals surface area (Å²) in [5, 5.41) is 0. The van der Waals surface area contributed by atoms with Crippen molar-refractivity contribution in [2.24, 2.45) is 5.92 Å². The predicted molar refractivity (Wildman–Crippen MR) is 83.3 cm³/mol. The van der Waals surface area contributed by atoms with Crippen LogP contribution in [0.25, 0.3) is 0 Å². The van der Waals surface area contributed by atoms with Gasteiger partial charge in [0.1, 0.15) is 0 Å². The van der Waals surface area contributed by atoms with Gasteiger partial charge in [0.05, 0.1) is 5.92 Å². The van der Waals surface area contributed by atoms with E-state index in [1.807, 2.05) is 0 Å². The number of esters is 1. The molecule has 1 rings (SSSR count). The van der Waals surface area contributed by atoms with Crippen LogP contribution in [0.5, 0.6) is 0 Å². The van der Waals surface area contributed by atoms with Crippen LogP contribution in [0.1, 0.15) is 84.0 Å². The Morgan fingerprint density at radius 1 is 1.00 bits per heavy atom. The average molecular weight is 278 g/mol. The molecule has 20 heavy (non-hydrogen) atoms. The fraction of sp³-hybridized carbons (Fsp3) is 0.833. The van der Waals surface area contributed by atoms with Gasteiger partial charge in [0.25, 0.3) is 0 Å². The number of rotatable bonds is 10. The molecule has 1 aliphatic rings. The average Bonchev–Trinajstić information content (AvgIpc) is 2.38. The van der Waals surface area contributed by atoms with Crippen molar-refractivity contribution in [2.45, 2.75) is 84.0 Å². The summed E-state index contributed by atoms with van der Waals surface area (Å²) in [4.78, 5) is 11.4. The lowest BCUT2D eigenvalue weighted by Gasteiger charge is -2.22. The predicted octanol–water partition coefficient (Wildman–Crippen LogP) is 4.86. The highest BCUT2D eigenvalue weighted by atomic mass is 16.5. The van der Waals surface area contributed by atoms with E-state index in [2.05, 4.69) is 18.8 Å². The molecular formula is C18H30O2. The lowest BCUT2D eigenvalue weighted by molar-refractivity contribution is -0.149. The molecule has 0 amide bonds. The van der Waals surface area contributed by atoms with Crippen molar-refractivity contribution >= 4 is 5.97 Å². The van der Waals surface area contributed by atoms with Crippen LogP contribution in [-0.4, -0.2) is 12.6 Å². The Kier molecular flexibility index (Phi) is 10.1. The largest absolute Gasteiger partial charge is 0.452 e. The molecule has 0 N–H and O–H groups in total. The van der Waals surface area contributed by atoms with Gasteiger partial charge in [-0.2, -0.15) is 0 Å². The second-order valence-electron chi connectivity index (χ2n) is 5.81. The zero-order valence-corrected chi connectivity index (χ0v) is 13.1. The lowest BCUT2D eigenvalue weighted by atomic mass is 9.86. The maximum absolute atomic E-state index is 11.4. The highest BCUT2D eigenvalue weighted by molar-refractivity contribution is 5.73. The monoisotopic (exact) mass is 278 g/mol. The van der Waals surface area contributed by atoms with Crippen molar-refractivity contribution in [3.8, 4) is 11.8 Å². The van der Waals surface area contributed by atoms with Crippen molar-refractivity contribution in [3.05, 3.63) is 0 Å². The van der Waals surface area contributed by atoms with Crippen molar-refractivity contribution in [1.82, 2.24) is 0 Å². The van der Waals surface area contributed by atoms with E-state index in [0.29, 0.717) is 0 Å². The Balaban J connectivity index is 1.81. The first kappa shape index (κ1) is 17.1. The second-order valence-corrected chi connectivity index (χ2v) is 5.81. The van der Waals surface area contributed by atoms with Crippen LogP contribution in [0, 0.1) is 17.8 Å². The van der Waals surface area contributed by atoms with E-state index in [-0.39, 0.29) is 18.5 Å². The summed E-state index contributed by atoms with van der Waals surface area (Å²) in [5.74, 6) is 6.17. The quantitative estimate of drug-likeness (QED) is 0.324. The summed E-state index contributed by atoms with van der Waals surface area (Å²) in [7, 11) is 0. The molecule has 2 nitrogen and oxygen atoms in total. The number of carbonyl (C=O) groups is 1. The molecule has 0 spiro atoms. The molecule has 2 heteroatoms. The molecule has 1 fully saturated rings. The number of ether oxygens (including phenoxy) is 1. The van der Waals surface area contributed by atoms with Gasteiger partial charge in [-0.25, -0.2) is 0 Å². The number of hydrogen-bond donors (Lipinski definition) is 0. The van der Waals surface area contributed by atoms with E-state index in [1.54, 1.807) is 0 Å². The van der Waals surface area contributed by atoms with Crippen LogP contribution in [-0.2, 0) is 9.53 Å². The van der Waals surface area contributed by atoms with E-state index < -0.39 is 0 Å².